The third-order valence-corrected chi connectivity index (χ3v) is 2.10. The number of aliphatic carboxylic acids is 1. The van der Waals surface area contributed by atoms with E-state index in [2.05, 4.69) is 26.8 Å². The highest BCUT2D eigenvalue weighted by molar-refractivity contribution is 9.11. The average Bonchev–Trinajstić information content (AvgIpc) is 2.15. The van der Waals surface area contributed by atoms with Crippen molar-refractivity contribution in [1.29, 1.82) is 0 Å². The van der Waals surface area contributed by atoms with Crippen LogP contribution in [0.5, 0.6) is 0 Å². The van der Waals surface area contributed by atoms with Gasteiger partial charge in [0.1, 0.15) is 6.54 Å². The van der Waals surface area contributed by atoms with E-state index in [-0.39, 0.29) is 6.54 Å². The van der Waals surface area contributed by atoms with Gasteiger partial charge in [-0.05, 0) is 6.92 Å². The Morgan fingerprint density at radius 3 is 2.73 bits per heavy atom. The summed E-state index contributed by atoms with van der Waals surface area (Å²) in [6, 6.07) is 0. The van der Waals surface area contributed by atoms with Gasteiger partial charge in [0.2, 0.25) is 0 Å². The molecule has 0 aliphatic rings. The van der Waals surface area contributed by atoms with E-state index in [0.717, 1.165) is 4.48 Å². The maximum Gasteiger partial charge on any atom is 0.323 e. The molecule has 0 aromatic carbocycles. The Kier molecular flexibility index (Phi) is 6.47. The molecule has 0 aliphatic carbocycles. The van der Waals surface area contributed by atoms with Crippen LogP contribution in [0.3, 0.4) is 0 Å². The summed E-state index contributed by atoms with van der Waals surface area (Å²) in [4.78, 5) is 16.0. The van der Waals surface area contributed by atoms with E-state index in [1.54, 1.807) is 20.2 Å². The van der Waals surface area contributed by atoms with Crippen molar-refractivity contribution in [3.63, 3.8) is 0 Å². The first-order chi connectivity index (χ1) is 7.01. The number of carboxylic acid groups (broad SMARTS) is 1. The summed E-state index contributed by atoms with van der Waals surface area (Å²) in [7, 11) is 1.60. The second-order valence-corrected chi connectivity index (χ2v) is 3.77. The van der Waals surface area contributed by atoms with Gasteiger partial charge in [0.15, 0.2) is 0 Å². The van der Waals surface area contributed by atoms with E-state index >= 15 is 0 Å². The van der Waals surface area contributed by atoms with Crippen LogP contribution in [0.1, 0.15) is 13.3 Å². The third kappa shape index (κ3) is 5.92. The molecule has 0 saturated heterocycles. The van der Waals surface area contributed by atoms with Gasteiger partial charge in [-0.2, -0.15) is 0 Å². The van der Waals surface area contributed by atoms with Gasteiger partial charge in [-0.1, -0.05) is 15.9 Å². The molecule has 0 bridgehead atoms. The molecule has 0 aromatic rings. The Hall–Kier alpha value is -1.28. The van der Waals surface area contributed by atoms with Crippen molar-refractivity contribution in [2.24, 2.45) is 4.99 Å². The van der Waals surface area contributed by atoms with Gasteiger partial charge in [-0.15, -0.1) is 12.3 Å². The van der Waals surface area contributed by atoms with Crippen LogP contribution in [0.15, 0.2) is 15.7 Å². The maximum absolute atomic E-state index is 10.6. The number of rotatable bonds is 4. The molecule has 4 nitrogen and oxygen atoms in total. The lowest BCUT2D eigenvalue weighted by Gasteiger charge is -2.17. The lowest BCUT2D eigenvalue weighted by atomic mass is 10.4. The molecule has 0 heterocycles. The summed E-state index contributed by atoms with van der Waals surface area (Å²) in [5.41, 5.74) is 0. The molecular weight excluding hydrogens is 260 g/mol. The standard InChI is InChI=1S/C10H13BrN2O2/c1-4-5-9(11)6-13(7-10(14)15)8(2)12-3/h1,6H,5,7H2,2-3H3,(H,14,15)/b9-6+,12-8+. The van der Waals surface area contributed by atoms with Crippen LogP contribution in [0.4, 0.5) is 0 Å². The van der Waals surface area contributed by atoms with Crippen LogP contribution in [0, 0.1) is 12.3 Å². The van der Waals surface area contributed by atoms with Crippen LogP contribution in [0.2, 0.25) is 0 Å². The highest BCUT2D eigenvalue weighted by Gasteiger charge is 2.08. The molecule has 5 heteroatoms. The van der Waals surface area contributed by atoms with Gasteiger partial charge in [-0.25, -0.2) is 0 Å². The summed E-state index contributed by atoms with van der Waals surface area (Å²) < 4.78 is 0.745. The smallest absolute Gasteiger partial charge is 0.323 e. The fourth-order valence-corrected chi connectivity index (χ4v) is 1.25. The zero-order valence-corrected chi connectivity index (χ0v) is 10.3. The van der Waals surface area contributed by atoms with Gasteiger partial charge in [-0.3, -0.25) is 9.79 Å². The van der Waals surface area contributed by atoms with E-state index in [4.69, 9.17) is 11.5 Å². The van der Waals surface area contributed by atoms with Gasteiger partial charge in [0, 0.05) is 24.2 Å². The van der Waals surface area contributed by atoms with Crippen molar-refractivity contribution in [2.45, 2.75) is 13.3 Å². The molecular formula is C10H13BrN2O2. The number of nitrogens with zero attached hydrogens (tertiary/aromatic N) is 2. The Morgan fingerprint density at radius 2 is 2.33 bits per heavy atom. The zero-order chi connectivity index (χ0) is 11.8. The molecule has 0 fully saturated rings. The second kappa shape index (κ2) is 7.07. The molecule has 0 radical (unpaired) electrons. The summed E-state index contributed by atoms with van der Waals surface area (Å²) in [5.74, 6) is 2.15. The molecule has 0 saturated carbocycles. The minimum Gasteiger partial charge on any atom is -0.480 e. The number of carbonyl (C=O) groups is 1. The molecule has 0 amide bonds. The molecule has 0 atom stereocenters. The first-order valence-corrected chi connectivity index (χ1v) is 5.02. The SMILES string of the molecule is C#CC/C(Br)=C\N(CC(=O)O)/C(C)=N/C. The van der Waals surface area contributed by atoms with Crippen molar-refractivity contribution >= 4 is 27.7 Å². The minimum atomic E-state index is -0.921. The Balaban J connectivity index is 4.73. The molecule has 0 spiro atoms. The lowest BCUT2D eigenvalue weighted by Crippen LogP contribution is -2.29. The number of allylic oxidation sites excluding steroid dienone is 1. The number of amidine groups is 1. The average molecular weight is 273 g/mol. The van der Waals surface area contributed by atoms with Gasteiger partial charge in [0.05, 0.1) is 5.84 Å². The number of aliphatic imine (C=N–C) groups is 1. The number of terminal acetylenes is 1. The summed E-state index contributed by atoms with van der Waals surface area (Å²) in [6.07, 6.45) is 7.19. The van der Waals surface area contributed by atoms with E-state index in [0.29, 0.717) is 12.3 Å². The van der Waals surface area contributed by atoms with Gasteiger partial charge in [0.25, 0.3) is 0 Å². The Morgan fingerprint density at radius 1 is 1.73 bits per heavy atom. The fraction of sp³-hybridized carbons (Fsp3) is 0.400. The number of hydrogen-bond donors (Lipinski definition) is 1. The molecule has 0 rings (SSSR count). The van der Waals surface area contributed by atoms with Crippen LogP contribution in [-0.2, 0) is 4.79 Å². The van der Waals surface area contributed by atoms with Gasteiger partial charge < -0.3 is 10.0 Å². The monoisotopic (exact) mass is 272 g/mol. The molecule has 1 N–H and O–H groups in total. The summed E-state index contributed by atoms with van der Waals surface area (Å²) in [5, 5.41) is 8.69. The molecule has 0 aromatic heterocycles. The molecule has 15 heavy (non-hydrogen) atoms. The fourth-order valence-electron chi connectivity index (χ4n) is 0.840. The van der Waals surface area contributed by atoms with Crippen LogP contribution >= 0.6 is 15.9 Å². The minimum absolute atomic E-state index is 0.136. The van der Waals surface area contributed by atoms with Crippen molar-refractivity contribution in [3.8, 4) is 12.3 Å². The Bertz CT molecular complexity index is 329. The first-order valence-electron chi connectivity index (χ1n) is 4.22. The van der Waals surface area contributed by atoms with Gasteiger partial charge >= 0.3 is 5.97 Å². The number of halogens is 1. The van der Waals surface area contributed by atoms with Crippen LogP contribution in [-0.4, -0.2) is 35.4 Å². The largest absolute Gasteiger partial charge is 0.480 e. The quantitative estimate of drug-likeness (QED) is 0.481. The van der Waals surface area contributed by atoms with E-state index in [1.807, 2.05) is 0 Å². The summed E-state index contributed by atoms with van der Waals surface area (Å²) in [6.45, 7) is 1.60. The Labute approximate surface area is 97.8 Å². The predicted molar refractivity (Wildman–Crippen MR) is 63.8 cm³/mol. The number of carboxylic acids is 1. The second-order valence-electron chi connectivity index (χ2n) is 2.75. The van der Waals surface area contributed by atoms with E-state index in [1.165, 1.54) is 4.90 Å². The van der Waals surface area contributed by atoms with Crippen molar-refractivity contribution < 1.29 is 9.90 Å². The molecule has 0 unspecified atom stereocenters. The van der Waals surface area contributed by atoms with Crippen LogP contribution < -0.4 is 0 Å². The lowest BCUT2D eigenvalue weighted by molar-refractivity contribution is -0.136. The van der Waals surface area contributed by atoms with Crippen LogP contribution in [0.25, 0.3) is 0 Å². The highest BCUT2D eigenvalue weighted by Crippen LogP contribution is 2.11. The van der Waals surface area contributed by atoms with Crippen molar-refractivity contribution in [3.05, 3.63) is 10.7 Å². The molecule has 82 valence electrons. The predicted octanol–water partition coefficient (Wildman–Crippen LogP) is 1.68. The number of hydrogen-bond acceptors (Lipinski definition) is 2. The highest BCUT2D eigenvalue weighted by atomic mass is 79.9. The zero-order valence-electron chi connectivity index (χ0n) is 8.70. The normalized spacial score (nSPS) is 12.1. The topological polar surface area (TPSA) is 52.9 Å². The van der Waals surface area contributed by atoms with Crippen molar-refractivity contribution in [2.75, 3.05) is 13.6 Å². The van der Waals surface area contributed by atoms with Crippen molar-refractivity contribution in [1.82, 2.24) is 4.90 Å². The first kappa shape index (κ1) is 13.7. The van der Waals surface area contributed by atoms with E-state index in [9.17, 15) is 4.79 Å². The summed E-state index contributed by atoms with van der Waals surface area (Å²) >= 11 is 3.26. The molecule has 0 aliphatic heterocycles. The van der Waals surface area contributed by atoms with E-state index < -0.39 is 5.97 Å². The third-order valence-electron chi connectivity index (χ3n) is 1.61. The maximum atomic E-state index is 10.6.